The van der Waals surface area contributed by atoms with Crippen LogP contribution in [0.5, 0.6) is 0 Å². The molecular weight excluding hydrogens is 1080 g/mol. The first-order chi connectivity index (χ1) is 27.2. The predicted octanol–water partition coefficient (Wildman–Crippen LogP) is 14.4. The Labute approximate surface area is 321 Å². The molecule has 0 nitrogen and oxygen atoms in total. The van der Waals surface area contributed by atoms with Crippen molar-refractivity contribution in [2.24, 2.45) is 0 Å². The summed E-state index contributed by atoms with van der Waals surface area (Å²) in [6.07, 6.45) is -11.3. The van der Waals surface area contributed by atoms with Crippen molar-refractivity contribution in [2.45, 2.75) is 119 Å². The molecule has 0 rings (SSSR count). The van der Waals surface area contributed by atoms with E-state index in [9.17, 15) is 189 Å². The van der Waals surface area contributed by atoms with Crippen molar-refractivity contribution >= 4 is 0 Å². The van der Waals surface area contributed by atoms with Crippen LogP contribution in [0.15, 0.2) is 12.2 Å². The van der Waals surface area contributed by atoms with Gasteiger partial charge >= 0.3 is 119 Å². The number of halogens is 43. The molecule has 0 aromatic rings. The fourth-order valence-corrected chi connectivity index (χ4v) is 3.75. The fourth-order valence-electron chi connectivity index (χ4n) is 3.75. The van der Waals surface area contributed by atoms with E-state index in [0.717, 1.165) is 0 Å². The number of rotatable bonds is 19. The van der Waals surface area contributed by atoms with Crippen LogP contribution in [0, 0.1) is 0 Å². The van der Waals surface area contributed by atoms with Crippen LogP contribution in [-0.2, 0) is 0 Å². The second-order valence-corrected chi connectivity index (χ2v) is 11.9. The molecule has 0 unspecified atom stereocenters. The van der Waals surface area contributed by atoms with E-state index in [1.54, 1.807) is 0 Å². The van der Waals surface area contributed by atoms with E-state index < -0.39 is 131 Å². The highest BCUT2D eigenvalue weighted by Crippen LogP contribution is 2.71. The summed E-state index contributed by atoms with van der Waals surface area (Å²) in [6.45, 7) is 0. The van der Waals surface area contributed by atoms with Crippen molar-refractivity contribution < 1.29 is 189 Å². The molecule has 0 aliphatic rings. The number of allylic oxidation sites excluding steroid dienone is 1. The Kier molecular flexibility index (Phi) is 14.1. The minimum absolute atomic E-state index is 2.73. The summed E-state index contributed by atoms with van der Waals surface area (Å²) in [5.74, 6) is -196. The molecular formula is C22HF43. The largest absolute Gasteiger partial charge is 0.460 e. The predicted molar refractivity (Wildman–Crippen MR) is 110 cm³/mol. The maximum absolute atomic E-state index is 14.0. The summed E-state index contributed by atoms with van der Waals surface area (Å²) < 4.78 is 580. The summed E-state index contributed by atoms with van der Waals surface area (Å²) in [5.41, 5.74) is 0. The van der Waals surface area contributed by atoms with Crippen molar-refractivity contribution in [3.05, 3.63) is 12.2 Å². The average Bonchev–Trinajstić information content (AvgIpc) is 3.08. The van der Waals surface area contributed by atoms with Crippen LogP contribution < -0.4 is 0 Å². The standard InChI is InChI=1S/C22HF43/c23-1-2(24)3(25,26)4(27,28)5(29,30)6(31,32)7(33,34)8(35,36)9(37,38)10(39,40)11(41,42)12(43,44)13(45,46)14(47,48)15(49,50)16(51,52)17(53,54)18(55,56)19(57,58)20(59,60)21(61,62)22(63,64)65/h1H. The highest BCUT2D eigenvalue weighted by atomic mass is 19.4. The molecule has 0 N–H and O–H groups in total. The zero-order valence-corrected chi connectivity index (χ0v) is 27.3. The van der Waals surface area contributed by atoms with Gasteiger partial charge in [0.15, 0.2) is 0 Å². The van der Waals surface area contributed by atoms with E-state index in [4.69, 9.17) is 0 Å². The van der Waals surface area contributed by atoms with Gasteiger partial charge in [0.2, 0.25) is 5.83 Å². The van der Waals surface area contributed by atoms with Gasteiger partial charge in [0, 0.05) is 0 Å². The summed E-state index contributed by atoms with van der Waals surface area (Å²) in [4.78, 5) is 0. The Morgan fingerprint density at radius 1 is 0.185 bits per heavy atom. The summed E-state index contributed by atoms with van der Waals surface area (Å²) in [5, 5.41) is 0. The van der Waals surface area contributed by atoms with Crippen molar-refractivity contribution in [1.82, 2.24) is 0 Å². The van der Waals surface area contributed by atoms with Gasteiger partial charge in [-0.3, -0.25) is 0 Å². The lowest BCUT2D eigenvalue weighted by atomic mass is 9.81. The maximum Gasteiger partial charge on any atom is 0.460 e. The third-order valence-corrected chi connectivity index (χ3v) is 7.85. The van der Waals surface area contributed by atoms with Crippen LogP contribution in [0.1, 0.15) is 0 Å². The average molecular weight is 1080 g/mol. The SMILES string of the molecule is FC=C(F)C(F)(F)C(F)(F)C(F)(F)C(F)(F)C(F)(F)C(F)(F)C(F)(F)C(F)(F)C(F)(F)C(F)(F)C(F)(F)C(F)(F)C(F)(F)C(F)(F)C(F)(F)C(F)(F)C(F)(F)C(F)(F)C(F)(F)C(F)(F)F. The Morgan fingerprint density at radius 2 is 0.292 bits per heavy atom. The molecule has 0 bridgehead atoms. The molecule has 0 heterocycles. The minimum atomic E-state index is -10.7. The number of hydrogen-bond donors (Lipinski definition) is 0. The van der Waals surface area contributed by atoms with E-state index in [1.807, 2.05) is 0 Å². The molecule has 0 spiro atoms. The Morgan fingerprint density at radius 3 is 0.400 bits per heavy atom. The summed E-state index contributed by atoms with van der Waals surface area (Å²) >= 11 is 0. The molecule has 0 aromatic carbocycles. The van der Waals surface area contributed by atoms with Crippen molar-refractivity contribution in [1.29, 1.82) is 0 Å². The molecule has 43 heteroatoms. The summed E-state index contributed by atoms with van der Waals surface area (Å²) in [7, 11) is 0. The first-order valence-electron chi connectivity index (χ1n) is 13.4. The molecule has 0 amide bonds. The molecule has 65 heavy (non-hydrogen) atoms. The van der Waals surface area contributed by atoms with Gasteiger partial charge in [-0.2, -0.15) is 180 Å². The first-order valence-corrected chi connectivity index (χ1v) is 13.4. The second kappa shape index (κ2) is 14.9. The van der Waals surface area contributed by atoms with Crippen LogP contribution in [0.25, 0.3) is 0 Å². The normalized spacial score (nSPS) is 17.6. The van der Waals surface area contributed by atoms with Gasteiger partial charge in [-0.25, -0.2) is 8.78 Å². The molecule has 0 aliphatic heterocycles. The quantitative estimate of drug-likeness (QED) is 0.113. The summed E-state index contributed by atoms with van der Waals surface area (Å²) in [6, 6.07) is 0. The third-order valence-electron chi connectivity index (χ3n) is 7.85. The highest BCUT2D eigenvalue weighted by Gasteiger charge is 3.03. The van der Waals surface area contributed by atoms with Gasteiger partial charge in [0.25, 0.3) is 0 Å². The lowest BCUT2D eigenvalue weighted by Crippen LogP contribution is -2.80. The Balaban J connectivity index is 8.03. The molecule has 0 radical (unpaired) electrons. The van der Waals surface area contributed by atoms with Gasteiger partial charge in [-0.1, -0.05) is 0 Å². The molecule has 0 fully saturated rings. The first kappa shape index (κ1) is 61.7. The van der Waals surface area contributed by atoms with Gasteiger partial charge in [-0.05, 0) is 0 Å². The number of hydrogen-bond acceptors (Lipinski definition) is 0. The highest BCUT2D eigenvalue weighted by molar-refractivity contribution is 5.24. The van der Waals surface area contributed by atoms with Crippen LogP contribution in [0.4, 0.5) is 189 Å². The fraction of sp³-hybridized carbons (Fsp3) is 0.909. The Bertz CT molecular complexity index is 1760. The van der Waals surface area contributed by atoms with Crippen molar-refractivity contribution in [3.8, 4) is 0 Å². The van der Waals surface area contributed by atoms with Gasteiger partial charge in [0.1, 0.15) is 6.33 Å². The van der Waals surface area contributed by atoms with Crippen LogP contribution in [-0.4, -0.2) is 119 Å². The smallest absolute Gasteiger partial charge is 0.212 e. The van der Waals surface area contributed by atoms with Gasteiger partial charge < -0.3 is 0 Å². The molecule has 0 saturated carbocycles. The van der Waals surface area contributed by atoms with E-state index in [1.165, 1.54) is 0 Å². The van der Waals surface area contributed by atoms with E-state index in [2.05, 4.69) is 0 Å². The van der Waals surface area contributed by atoms with Crippen LogP contribution in [0.3, 0.4) is 0 Å². The minimum Gasteiger partial charge on any atom is -0.212 e. The Hall–Kier alpha value is -3.27. The van der Waals surface area contributed by atoms with Crippen LogP contribution >= 0.6 is 0 Å². The third kappa shape index (κ3) is 6.78. The molecule has 0 aromatic heterocycles. The van der Waals surface area contributed by atoms with Gasteiger partial charge in [0.05, 0.1) is 0 Å². The zero-order chi connectivity index (χ0) is 54.3. The van der Waals surface area contributed by atoms with Gasteiger partial charge in [-0.15, -0.1) is 0 Å². The molecule has 390 valence electrons. The topological polar surface area (TPSA) is 0 Å². The van der Waals surface area contributed by atoms with E-state index in [0.29, 0.717) is 0 Å². The van der Waals surface area contributed by atoms with Crippen LogP contribution in [0.2, 0.25) is 0 Å². The molecule has 0 atom stereocenters. The number of alkyl halides is 41. The lowest BCUT2D eigenvalue weighted by Gasteiger charge is -2.47. The zero-order valence-electron chi connectivity index (χ0n) is 27.3. The lowest BCUT2D eigenvalue weighted by molar-refractivity contribution is -0.495. The second-order valence-electron chi connectivity index (χ2n) is 11.9. The molecule has 0 saturated heterocycles. The van der Waals surface area contributed by atoms with Crippen molar-refractivity contribution in [3.63, 3.8) is 0 Å². The van der Waals surface area contributed by atoms with Crippen molar-refractivity contribution in [2.75, 3.05) is 0 Å². The monoisotopic (exact) mass is 1080 g/mol. The maximum atomic E-state index is 14.0. The van der Waals surface area contributed by atoms with E-state index in [-0.39, 0.29) is 0 Å². The van der Waals surface area contributed by atoms with E-state index >= 15 is 0 Å². The molecule has 0 aliphatic carbocycles.